The highest BCUT2D eigenvalue weighted by Crippen LogP contribution is 1.76. The molecule has 0 spiro atoms. The van der Waals surface area contributed by atoms with Gasteiger partial charge in [-0.2, -0.15) is 0 Å². The fraction of sp³-hybridized carbons (Fsp3) is 0.500. The molecule has 9 heavy (non-hydrogen) atoms. The molecule has 0 aromatic carbocycles. The fourth-order valence-corrected chi connectivity index (χ4v) is 0.220. The second-order valence-electron chi connectivity index (χ2n) is 1.37. The number of carboxylic acid groups (broad SMARTS) is 1. The van der Waals surface area contributed by atoms with Crippen molar-refractivity contribution in [1.29, 1.82) is 5.41 Å². The summed E-state index contributed by atoms with van der Waals surface area (Å²) >= 11 is 0. The molecule has 0 aromatic heterocycles. The molecule has 0 rings (SSSR count). The number of hydrogen-bond donors (Lipinski definition) is 3. The van der Waals surface area contributed by atoms with Crippen molar-refractivity contribution in [3.05, 3.63) is 0 Å². The lowest BCUT2D eigenvalue weighted by atomic mass is 11.0. The summed E-state index contributed by atoms with van der Waals surface area (Å²) in [6.07, 6.45) is 0. The van der Waals surface area contributed by atoms with Crippen LogP contribution in [0.5, 0.6) is 0 Å². The van der Waals surface area contributed by atoms with Crippen LogP contribution in [0.2, 0.25) is 0 Å². The van der Waals surface area contributed by atoms with Crippen molar-refractivity contribution in [2.75, 3.05) is 13.5 Å². The average molecular weight is 137 g/mol. The van der Waals surface area contributed by atoms with Crippen molar-refractivity contribution >= 4 is 11.9 Å². The summed E-state index contributed by atoms with van der Waals surface area (Å²) in [5, 5.41) is 15.0. The van der Waals surface area contributed by atoms with Crippen molar-refractivity contribution in [2.24, 2.45) is 5.73 Å². The van der Waals surface area contributed by atoms with Gasteiger partial charge >= 0.3 is 5.97 Å². The summed E-state index contributed by atoms with van der Waals surface area (Å²) in [6, 6.07) is 0. The van der Waals surface area contributed by atoms with Crippen LogP contribution < -0.4 is 5.73 Å². The molecule has 0 bridgehead atoms. The van der Waals surface area contributed by atoms with Gasteiger partial charge in [-0.05, 0) is 0 Å². The molecule has 0 saturated carbocycles. The molecule has 5 heteroatoms. The van der Waals surface area contributed by atoms with E-state index in [1.807, 2.05) is 0 Å². The lowest BCUT2D eigenvalue weighted by Gasteiger charge is -2.12. The molecule has 4 N–H and O–H groups in total. The van der Waals surface area contributed by atoms with Crippen molar-refractivity contribution in [1.82, 2.24) is 4.90 Å². The molecule has 0 aliphatic rings. The Hall–Kier alpha value is -1.26. The van der Waals surface area contributed by atoms with Gasteiger partial charge in [0.2, 0.25) is 0 Å². The van der Waals surface area contributed by atoms with Gasteiger partial charge in [-0.25, -0.2) is 0 Å². The smallest absolute Gasteiger partial charge is 0.323 e. The summed E-state index contributed by atoms with van der Waals surface area (Å²) in [5.74, 6) is -2.13. The topological polar surface area (TPSA) is 90.4 Å². The van der Waals surface area contributed by atoms with Gasteiger partial charge in [-0.3, -0.25) is 10.2 Å². The molecule has 52 valence electrons. The van der Waals surface area contributed by atoms with E-state index in [1.165, 1.54) is 0 Å². The Morgan fingerprint density at radius 3 is 2.78 bits per heavy atom. The van der Waals surface area contributed by atoms with Crippen molar-refractivity contribution in [2.45, 2.75) is 0 Å². The molecule has 0 aromatic rings. The maximum atomic E-state index is 10.1. The van der Waals surface area contributed by atoms with Crippen LogP contribution in [0.1, 0.15) is 4.11 Å². The van der Waals surface area contributed by atoms with Gasteiger partial charge in [0.05, 0.1) is 0 Å². The molecule has 0 atom stereocenters. The molecule has 0 amide bonds. The number of carboxylic acids is 1. The molecule has 0 fully saturated rings. The number of nitrogens with zero attached hydrogens (tertiary/aromatic N) is 1. The SMILES string of the molecule is [2H][13C]([2H])([2H])N([13CH2][13C](=O)O)C(=N)N. The minimum Gasteiger partial charge on any atom is -0.480 e. The van der Waals surface area contributed by atoms with Gasteiger partial charge in [0.25, 0.3) is 0 Å². The third-order valence-corrected chi connectivity index (χ3v) is 0.584. The van der Waals surface area contributed by atoms with Crippen LogP contribution in [0.25, 0.3) is 0 Å². The van der Waals surface area contributed by atoms with Gasteiger partial charge in [0.1, 0.15) is 6.54 Å². The van der Waals surface area contributed by atoms with E-state index in [0.29, 0.717) is 4.90 Å². The Balaban J connectivity index is 4.46. The predicted octanol–water partition coefficient (Wildman–Crippen LogP) is -1.10. The largest absolute Gasteiger partial charge is 0.480 e. The highest BCUT2D eigenvalue weighted by atomic mass is 16.5. The van der Waals surface area contributed by atoms with Crippen LogP contribution in [0.4, 0.5) is 0 Å². The zero-order valence-corrected chi connectivity index (χ0v) is 4.59. The Morgan fingerprint density at radius 1 is 2.11 bits per heavy atom. The van der Waals surface area contributed by atoms with Gasteiger partial charge < -0.3 is 15.7 Å². The first-order valence-electron chi connectivity index (χ1n) is 3.58. The monoisotopic (exact) mass is 137 g/mol. The van der Waals surface area contributed by atoms with Gasteiger partial charge in [0.15, 0.2) is 5.96 Å². The maximum absolute atomic E-state index is 10.1. The number of guanidine groups is 1. The third kappa shape index (κ3) is 3.33. The first kappa shape index (κ1) is 3.71. The number of nitrogens with two attached hydrogens (primary N) is 1. The minimum atomic E-state index is -2.68. The van der Waals surface area contributed by atoms with Crippen LogP contribution in [-0.4, -0.2) is 35.5 Å². The van der Waals surface area contributed by atoms with E-state index in [-0.39, 0.29) is 0 Å². The second kappa shape index (κ2) is 2.91. The third-order valence-electron chi connectivity index (χ3n) is 0.584. The average Bonchev–Trinajstić information content (AvgIpc) is 1.79. The van der Waals surface area contributed by atoms with E-state index in [0.717, 1.165) is 0 Å². The summed E-state index contributed by atoms with van der Waals surface area (Å²) in [7, 11) is 0. The van der Waals surface area contributed by atoms with E-state index in [2.05, 4.69) is 0 Å². The van der Waals surface area contributed by atoms with Crippen LogP contribution in [0, 0.1) is 5.41 Å². The van der Waals surface area contributed by atoms with E-state index in [4.69, 9.17) is 20.4 Å². The Labute approximate surface area is 56.8 Å². The lowest BCUT2D eigenvalue weighted by molar-refractivity contribution is -0.137. The number of rotatable bonds is 2. The number of likely N-dealkylation sites (N-methyl/N-ethyl adjacent to an activating group) is 1. The molecule has 0 saturated heterocycles. The summed E-state index contributed by atoms with van der Waals surface area (Å²) < 4.78 is 20.4. The van der Waals surface area contributed by atoms with Crippen molar-refractivity contribution in [3.63, 3.8) is 0 Å². The molecule has 0 radical (unpaired) electrons. The van der Waals surface area contributed by atoms with E-state index < -0.39 is 25.4 Å². The van der Waals surface area contributed by atoms with Crippen molar-refractivity contribution in [3.8, 4) is 0 Å². The number of aliphatic carboxylic acids is 1. The van der Waals surface area contributed by atoms with Gasteiger partial charge in [-0.15, -0.1) is 0 Å². The Bertz CT molecular complexity index is 202. The first-order valence-corrected chi connectivity index (χ1v) is 2.08. The summed E-state index contributed by atoms with van der Waals surface area (Å²) in [4.78, 5) is 10.4. The number of hydrogen-bond acceptors (Lipinski definition) is 2. The van der Waals surface area contributed by atoms with Crippen LogP contribution >= 0.6 is 0 Å². The molecular weight excluding hydrogens is 125 g/mol. The quantitative estimate of drug-likeness (QED) is 0.256. The normalized spacial score (nSPS) is 14.9. The maximum Gasteiger partial charge on any atom is 0.323 e. The lowest BCUT2D eigenvalue weighted by Crippen LogP contribution is -2.36. The van der Waals surface area contributed by atoms with Gasteiger partial charge in [-0.1, -0.05) is 0 Å². The number of nitrogens with one attached hydrogen (secondary N) is 1. The molecule has 5 nitrogen and oxygen atoms in total. The van der Waals surface area contributed by atoms with E-state index in [9.17, 15) is 4.79 Å². The highest BCUT2D eigenvalue weighted by molar-refractivity contribution is 5.79. The minimum absolute atomic E-state index is 0.315. The second-order valence-corrected chi connectivity index (χ2v) is 1.37. The molecule has 0 unspecified atom stereocenters. The standard InChI is InChI=1S/C4H9N3O2/c1-7(4(5)6)2-3(8)9/h2H2,1H3,(H3,5,6)(H,8,9)/i1+1D3,2+1,3+1. The molecule has 0 aliphatic carbocycles. The molecule has 0 aliphatic heterocycles. The van der Waals surface area contributed by atoms with Crippen LogP contribution in [-0.2, 0) is 4.79 Å². The molecule has 0 heterocycles. The molecular formula is C4H9N3O2. The summed E-state index contributed by atoms with van der Waals surface area (Å²) in [6.45, 7) is -3.48. The van der Waals surface area contributed by atoms with E-state index >= 15 is 0 Å². The predicted molar refractivity (Wildman–Crippen MR) is 32.2 cm³/mol. The zero-order valence-electron chi connectivity index (χ0n) is 7.59. The Kier molecular flexibility index (Phi) is 1.20. The summed E-state index contributed by atoms with van der Waals surface area (Å²) in [5.41, 5.74) is 4.86. The van der Waals surface area contributed by atoms with Crippen molar-refractivity contribution < 1.29 is 14.0 Å². The van der Waals surface area contributed by atoms with E-state index in [1.54, 1.807) is 0 Å². The number of carbonyl (C=O) groups is 1. The fourth-order valence-electron chi connectivity index (χ4n) is 0.220. The Morgan fingerprint density at radius 2 is 2.67 bits per heavy atom. The van der Waals surface area contributed by atoms with Gasteiger partial charge in [0, 0.05) is 11.1 Å². The first-order chi connectivity index (χ1) is 5.25. The van der Waals surface area contributed by atoms with Crippen LogP contribution in [0.15, 0.2) is 0 Å². The zero-order chi connectivity index (χ0) is 9.94. The highest BCUT2D eigenvalue weighted by Gasteiger charge is 2.03. The van der Waals surface area contributed by atoms with Crippen LogP contribution in [0.3, 0.4) is 0 Å².